The van der Waals surface area contributed by atoms with E-state index in [2.05, 4.69) is 20.9 Å². The van der Waals surface area contributed by atoms with Crippen molar-refractivity contribution in [3.8, 4) is 6.07 Å². The van der Waals surface area contributed by atoms with E-state index >= 15 is 0 Å². The Morgan fingerprint density at radius 3 is 2.87 bits per heavy atom. The van der Waals surface area contributed by atoms with Gasteiger partial charge in [-0.05, 0) is 28.1 Å². The Hall–Kier alpha value is -1.18. The Morgan fingerprint density at radius 2 is 2.20 bits per heavy atom. The lowest BCUT2D eigenvalue weighted by Crippen LogP contribution is -1.89. The number of nitriles is 1. The molecule has 2 rings (SSSR count). The van der Waals surface area contributed by atoms with Crippen LogP contribution in [0.15, 0.2) is 22.8 Å². The van der Waals surface area contributed by atoms with Crippen molar-refractivity contribution in [2.45, 2.75) is 0 Å². The normalized spacial score (nSPS) is 10.3. The van der Waals surface area contributed by atoms with Crippen LogP contribution >= 0.6 is 27.5 Å². The van der Waals surface area contributed by atoms with Gasteiger partial charge in [0.2, 0.25) is 0 Å². The summed E-state index contributed by atoms with van der Waals surface area (Å²) >= 11 is 8.97. The quantitative estimate of drug-likeness (QED) is 0.740. The first-order chi connectivity index (χ1) is 7.15. The number of hydrogen-bond donors (Lipinski definition) is 0. The van der Waals surface area contributed by atoms with E-state index in [0.29, 0.717) is 9.86 Å². The number of hydrogen-bond acceptors (Lipinski definition) is 2. The molecule has 0 radical (unpaired) electrons. The van der Waals surface area contributed by atoms with E-state index in [-0.39, 0.29) is 16.1 Å². The molecule has 0 saturated carbocycles. The van der Waals surface area contributed by atoms with Gasteiger partial charge in [-0.3, -0.25) is 4.98 Å². The summed E-state index contributed by atoms with van der Waals surface area (Å²) in [7, 11) is 0. The fourth-order valence-corrected chi connectivity index (χ4v) is 1.82. The second-order valence-electron chi connectivity index (χ2n) is 2.86. The van der Waals surface area contributed by atoms with Crippen molar-refractivity contribution in [3.63, 3.8) is 0 Å². The first kappa shape index (κ1) is 10.3. The van der Waals surface area contributed by atoms with Gasteiger partial charge in [-0.15, -0.1) is 0 Å². The molecule has 0 bridgehead atoms. The van der Waals surface area contributed by atoms with Crippen LogP contribution in [0, 0.1) is 17.1 Å². The third-order valence-electron chi connectivity index (χ3n) is 1.99. The molecule has 74 valence electrons. The molecule has 0 aliphatic heterocycles. The Bertz CT molecular complexity index is 592. The van der Waals surface area contributed by atoms with Crippen LogP contribution in [0.2, 0.25) is 5.02 Å². The largest absolute Gasteiger partial charge is 0.252 e. The Kier molecular flexibility index (Phi) is 2.59. The van der Waals surface area contributed by atoms with Gasteiger partial charge in [-0.2, -0.15) is 5.26 Å². The van der Waals surface area contributed by atoms with Crippen molar-refractivity contribution in [3.05, 3.63) is 39.2 Å². The van der Waals surface area contributed by atoms with Gasteiger partial charge in [-0.1, -0.05) is 11.6 Å². The number of nitrogens with zero attached hydrogens (tertiary/aromatic N) is 2. The molecule has 2 nitrogen and oxygen atoms in total. The number of aromatic nitrogens is 1. The van der Waals surface area contributed by atoms with Gasteiger partial charge in [-0.25, -0.2) is 4.39 Å². The Labute approximate surface area is 98.4 Å². The summed E-state index contributed by atoms with van der Waals surface area (Å²) < 4.78 is 13.9. The second-order valence-corrected chi connectivity index (χ2v) is 4.09. The van der Waals surface area contributed by atoms with Crippen LogP contribution in [-0.4, -0.2) is 4.98 Å². The third kappa shape index (κ3) is 1.58. The summed E-state index contributed by atoms with van der Waals surface area (Å²) in [5.74, 6) is -0.473. The first-order valence-electron chi connectivity index (χ1n) is 3.97. The monoisotopic (exact) mass is 284 g/mol. The van der Waals surface area contributed by atoms with Crippen LogP contribution in [0.3, 0.4) is 0 Å². The maximum Gasteiger partial charge on any atom is 0.163 e. The lowest BCUT2D eigenvalue weighted by molar-refractivity contribution is 0.630. The molecule has 2 aromatic rings. The number of pyridine rings is 1. The zero-order valence-corrected chi connectivity index (χ0v) is 9.60. The minimum absolute atomic E-state index is 0.161. The van der Waals surface area contributed by atoms with Crippen LogP contribution < -0.4 is 0 Å². The molecule has 0 aliphatic rings. The topological polar surface area (TPSA) is 36.7 Å². The highest BCUT2D eigenvalue weighted by molar-refractivity contribution is 9.10. The predicted molar refractivity (Wildman–Crippen MR) is 59.1 cm³/mol. The Balaban J connectivity index is 2.93. The molecule has 15 heavy (non-hydrogen) atoms. The maximum absolute atomic E-state index is 13.6. The van der Waals surface area contributed by atoms with Crippen molar-refractivity contribution in [2.24, 2.45) is 0 Å². The van der Waals surface area contributed by atoms with Gasteiger partial charge >= 0.3 is 0 Å². The maximum atomic E-state index is 13.6. The zero-order valence-electron chi connectivity index (χ0n) is 7.26. The number of rotatable bonds is 0. The van der Waals surface area contributed by atoms with Gasteiger partial charge in [0.25, 0.3) is 0 Å². The van der Waals surface area contributed by atoms with Crippen LogP contribution in [0.1, 0.15) is 5.56 Å². The minimum atomic E-state index is -0.473. The fraction of sp³-hybridized carbons (Fsp3) is 0. The van der Waals surface area contributed by atoms with Crippen molar-refractivity contribution in [2.75, 3.05) is 0 Å². The van der Waals surface area contributed by atoms with Crippen molar-refractivity contribution in [1.82, 2.24) is 4.98 Å². The lowest BCUT2D eigenvalue weighted by atomic mass is 10.1. The number of halogens is 3. The average molecular weight is 286 g/mol. The lowest BCUT2D eigenvalue weighted by Gasteiger charge is -2.03. The van der Waals surface area contributed by atoms with Crippen LogP contribution in [0.4, 0.5) is 4.39 Å². The highest BCUT2D eigenvalue weighted by atomic mass is 79.9. The fourth-order valence-electron chi connectivity index (χ4n) is 1.25. The van der Waals surface area contributed by atoms with Gasteiger partial charge in [0, 0.05) is 11.6 Å². The molecule has 1 heterocycles. The molecule has 0 amide bonds. The summed E-state index contributed by atoms with van der Waals surface area (Å²) in [6.45, 7) is 0. The smallest absolute Gasteiger partial charge is 0.163 e. The second kappa shape index (κ2) is 3.76. The molecule has 0 N–H and O–H groups in total. The molecule has 0 unspecified atom stereocenters. The molecule has 1 aromatic heterocycles. The van der Waals surface area contributed by atoms with Gasteiger partial charge < -0.3 is 0 Å². The standard InChI is InChI=1S/C10H3BrClFN2/c11-7-2-1-6-8(12)5(3-14)4-15-10(6)9(7)13/h1-2,4H. The summed E-state index contributed by atoms with van der Waals surface area (Å²) in [5, 5.41) is 9.40. The summed E-state index contributed by atoms with van der Waals surface area (Å²) in [6, 6.07) is 5.05. The molecule has 1 aromatic carbocycles. The van der Waals surface area contributed by atoms with E-state index in [1.807, 2.05) is 6.07 Å². The third-order valence-corrected chi connectivity index (χ3v) is 3.00. The molecule has 0 aliphatic carbocycles. The molecule has 0 fully saturated rings. The summed E-state index contributed by atoms with van der Waals surface area (Å²) in [6.07, 6.45) is 1.26. The highest BCUT2D eigenvalue weighted by Gasteiger charge is 2.11. The van der Waals surface area contributed by atoms with E-state index in [9.17, 15) is 4.39 Å². The summed E-state index contributed by atoms with van der Waals surface area (Å²) in [4.78, 5) is 3.86. The molecule has 0 spiro atoms. The SMILES string of the molecule is N#Cc1cnc2c(F)c(Br)ccc2c1Cl. The van der Waals surface area contributed by atoms with Crippen molar-refractivity contribution in [1.29, 1.82) is 5.26 Å². The molecule has 0 saturated heterocycles. The van der Waals surface area contributed by atoms with Crippen LogP contribution in [0.5, 0.6) is 0 Å². The molecular formula is C10H3BrClFN2. The van der Waals surface area contributed by atoms with E-state index in [1.165, 1.54) is 12.3 Å². The van der Waals surface area contributed by atoms with E-state index in [0.717, 1.165) is 0 Å². The molecular weight excluding hydrogens is 282 g/mol. The molecule has 0 atom stereocenters. The first-order valence-corrected chi connectivity index (χ1v) is 5.14. The van der Waals surface area contributed by atoms with E-state index < -0.39 is 5.82 Å². The average Bonchev–Trinajstić information content (AvgIpc) is 2.24. The van der Waals surface area contributed by atoms with Crippen molar-refractivity contribution < 1.29 is 4.39 Å². The van der Waals surface area contributed by atoms with Gasteiger partial charge in [0.15, 0.2) is 5.82 Å². The van der Waals surface area contributed by atoms with E-state index in [1.54, 1.807) is 6.07 Å². The van der Waals surface area contributed by atoms with Gasteiger partial charge in [0.05, 0.1) is 15.1 Å². The number of fused-ring (bicyclic) bond motifs is 1. The van der Waals surface area contributed by atoms with Gasteiger partial charge in [0.1, 0.15) is 11.6 Å². The number of benzene rings is 1. The minimum Gasteiger partial charge on any atom is -0.252 e. The highest BCUT2D eigenvalue weighted by Crippen LogP contribution is 2.29. The predicted octanol–water partition coefficient (Wildman–Crippen LogP) is 3.66. The van der Waals surface area contributed by atoms with Crippen LogP contribution in [-0.2, 0) is 0 Å². The van der Waals surface area contributed by atoms with Crippen LogP contribution in [0.25, 0.3) is 10.9 Å². The van der Waals surface area contributed by atoms with E-state index in [4.69, 9.17) is 16.9 Å². The van der Waals surface area contributed by atoms with Crippen molar-refractivity contribution >= 4 is 38.4 Å². The molecule has 5 heteroatoms. The zero-order chi connectivity index (χ0) is 11.0. The summed E-state index contributed by atoms with van der Waals surface area (Å²) in [5.41, 5.74) is 0.402. The Morgan fingerprint density at radius 1 is 1.47 bits per heavy atom.